The Bertz CT molecular complexity index is 387. The van der Waals surface area contributed by atoms with Gasteiger partial charge in [0.1, 0.15) is 0 Å². The summed E-state index contributed by atoms with van der Waals surface area (Å²) >= 11 is 0. The first kappa shape index (κ1) is 29.7. The Balaban J connectivity index is 0. The third-order valence-electron chi connectivity index (χ3n) is 5.07. The van der Waals surface area contributed by atoms with Crippen LogP contribution in [0.4, 0.5) is 0 Å². The zero-order valence-corrected chi connectivity index (χ0v) is 21.5. The van der Waals surface area contributed by atoms with Crippen LogP contribution in [-0.2, 0) is 10.1 Å². The maximum atomic E-state index is 11.4. The Labute approximate surface area is 205 Å². The fraction of sp³-hybridized carbons (Fsp3) is 1.00. The summed E-state index contributed by atoms with van der Waals surface area (Å²) in [5.41, 5.74) is 0. The van der Waals surface area contributed by atoms with Crippen LogP contribution in [0, 0.1) is 0 Å². The summed E-state index contributed by atoms with van der Waals surface area (Å²) in [4.78, 5) is 0. The minimum atomic E-state index is -4.19. The van der Waals surface area contributed by atoms with Crippen LogP contribution >= 0.6 is 0 Å². The van der Waals surface area contributed by atoms with E-state index in [9.17, 15) is 18.1 Å². The van der Waals surface area contributed by atoms with Gasteiger partial charge in [0.05, 0.1) is 16.2 Å². The van der Waals surface area contributed by atoms with Crippen LogP contribution in [-0.4, -0.2) is 29.4 Å². The van der Waals surface area contributed by atoms with E-state index in [-0.39, 0.29) is 57.5 Å². The molecule has 26 heavy (non-hydrogen) atoms. The van der Waals surface area contributed by atoms with Crippen molar-refractivity contribution in [3.05, 3.63) is 0 Å². The standard InChI is InChI=1S/C20H42O4S.K/c1-3-5-6-7-8-9-10-11-12-13-17-20(25(22,23)24)18-15-14-16-19(21)4-2;/h19-21H,3-18H2,1-2H3,(H,22,23,24);/q;+1/p-1. The number of hydrogen-bond donors (Lipinski definition) is 1. The Kier molecular flexibility index (Phi) is 22.6. The Morgan fingerprint density at radius 2 is 1.12 bits per heavy atom. The van der Waals surface area contributed by atoms with Gasteiger partial charge in [-0.2, -0.15) is 0 Å². The molecular formula is C20H41KO4S. The van der Waals surface area contributed by atoms with Gasteiger partial charge >= 0.3 is 51.4 Å². The quantitative estimate of drug-likeness (QED) is 0.212. The average Bonchev–Trinajstić information content (AvgIpc) is 2.56. The topological polar surface area (TPSA) is 77.4 Å². The van der Waals surface area contributed by atoms with Crippen LogP contribution in [0.1, 0.15) is 117 Å². The first-order valence-corrected chi connectivity index (χ1v) is 12.0. The smallest absolute Gasteiger partial charge is 0.748 e. The largest absolute Gasteiger partial charge is 1.00 e. The van der Waals surface area contributed by atoms with Crippen molar-refractivity contribution in [3.63, 3.8) is 0 Å². The summed E-state index contributed by atoms with van der Waals surface area (Å²) in [6.45, 7) is 4.16. The molecule has 2 unspecified atom stereocenters. The van der Waals surface area contributed by atoms with Crippen LogP contribution in [0.3, 0.4) is 0 Å². The van der Waals surface area contributed by atoms with Crippen molar-refractivity contribution in [2.75, 3.05) is 0 Å². The van der Waals surface area contributed by atoms with Gasteiger partial charge in [-0.25, -0.2) is 8.42 Å². The third-order valence-corrected chi connectivity index (χ3v) is 6.36. The van der Waals surface area contributed by atoms with Crippen molar-refractivity contribution in [2.24, 2.45) is 0 Å². The first-order chi connectivity index (χ1) is 11.9. The number of unbranched alkanes of at least 4 members (excludes halogenated alkanes) is 10. The summed E-state index contributed by atoms with van der Waals surface area (Å²) < 4.78 is 34.2. The van der Waals surface area contributed by atoms with Crippen LogP contribution in [0.2, 0.25) is 0 Å². The van der Waals surface area contributed by atoms with Crippen LogP contribution in [0.5, 0.6) is 0 Å². The fourth-order valence-corrected chi connectivity index (χ4v) is 4.16. The van der Waals surface area contributed by atoms with Crippen molar-refractivity contribution in [3.8, 4) is 0 Å². The third kappa shape index (κ3) is 18.9. The van der Waals surface area contributed by atoms with Crippen molar-refractivity contribution < 1.29 is 69.5 Å². The molecule has 0 spiro atoms. The molecule has 0 aromatic heterocycles. The van der Waals surface area contributed by atoms with Gasteiger partial charge in [0.25, 0.3) is 0 Å². The van der Waals surface area contributed by atoms with Crippen molar-refractivity contribution in [1.82, 2.24) is 0 Å². The monoisotopic (exact) mass is 416 g/mol. The molecule has 0 aliphatic carbocycles. The van der Waals surface area contributed by atoms with Gasteiger partial charge in [0.2, 0.25) is 0 Å². The normalized spacial score (nSPS) is 14.0. The van der Waals surface area contributed by atoms with E-state index < -0.39 is 15.4 Å². The summed E-state index contributed by atoms with van der Waals surface area (Å²) in [6.07, 6.45) is 15.6. The molecule has 4 nitrogen and oxygen atoms in total. The molecule has 6 heteroatoms. The van der Waals surface area contributed by atoms with E-state index in [0.717, 1.165) is 32.1 Å². The van der Waals surface area contributed by atoms with Gasteiger partial charge in [-0.1, -0.05) is 90.9 Å². The number of aliphatic hydroxyl groups is 1. The molecule has 0 aromatic rings. The molecule has 0 saturated heterocycles. The summed E-state index contributed by atoms with van der Waals surface area (Å²) in [7, 11) is -4.19. The van der Waals surface area contributed by atoms with E-state index in [1.54, 1.807) is 0 Å². The zero-order chi connectivity index (χ0) is 19.0. The molecule has 0 aromatic carbocycles. The predicted octanol–water partition coefficient (Wildman–Crippen LogP) is 2.55. The van der Waals surface area contributed by atoms with Crippen LogP contribution in [0.25, 0.3) is 0 Å². The average molecular weight is 417 g/mol. The summed E-state index contributed by atoms with van der Waals surface area (Å²) in [5.74, 6) is 0. The molecule has 0 aliphatic heterocycles. The van der Waals surface area contributed by atoms with Crippen LogP contribution < -0.4 is 51.4 Å². The van der Waals surface area contributed by atoms with E-state index in [1.165, 1.54) is 44.9 Å². The van der Waals surface area contributed by atoms with Gasteiger partial charge in [-0.05, 0) is 25.7 Å². The Morgan fingerprint density at radius 1 is 0.731 bits per heavy atom. The molecule has 0 aliphatic rings. The SMILES string of the molecule is CCCCCCCCCCCCC(CCCCC(O)CC)S(=O)(=O)[O-].[K+]. The second-order valence-corrected chi connectivity index (χ2v) is 9.08. The molecule has 2 atom stereocenters. The van der Waals surface area contributed by atoms with Gasteiger partial charge in [0.15, 0.2) is 0 Å². The van der Waals surface area contributed by atoms with Crippen molar-refractivity contribution in [1.29, 1.82) is 0 Å². The van der Waals surface area contributed by atoms with E-state index in [4.69, 9.17) is 0 Å². The molecule has 0 bridgehead atoms. The van der Waals surface area contributed by atoms with Crippen molar-refractivity contribution in [2.45, 2.75) is 128 Å². The van der Waals surface area contributed by atoms with E-state index in [2.05, 4.69) is 6.92 Å². The van der Waals surface area contributed by atoms with E-state index in [0.29, 0.717) is 25.7 Å². The van der Waals surface area contributed by atoms with Gasteiger partial charge in [0, 0.05) is 5.25 Å². The van der Waals surface area contributed by atoms with Crippen LogP contribution in [0.15, 0.2) is 0 Å². The minimum Gasteiger partial charge on any atom is -0.748 e. The molecule has 1 N–H and O–H groups in total. The zero-order valence-electron chi connectivity index (χ0n) is 17.5. The minimum absolute atomic E-state index is 0. The second kappa shape index (κ2) is 19.8. The molecule has 0 rings (SSSR count). The molecule has 0 saturated carbocycles. The van der Waals surface area contributed by atoms with E-state index >= 15 is 0 Å². The summed E-state index contributed by atoms with van der Waals surface area (Å²) in [5, 5.41) is 8.77. The maximum Gasteiger partial charge on any atom is 1.00 e. The molecule has 0 heterocycles. The predicted molar refractivity (Wildman–Crippen MR) is 105 cm³/mol. The van der Waals surface area contributed by atoms with Gasteiger partial charge in [-0.3, -0.25) is 0 Å². The molecule has 0 radical (unpaired) electrons. The molecule has 0 fully saturated rings. The molecule has 0 amide bonds. The number of aliphatic hydroxyl groups excluding tert-OH is 1. The first-order valence-electron chi connectivity index (χ1n) is 10.5. The van der Waals surface area contributed by atoms with Crippen molar-refractivity contribution >= 4 is 10.1 Å². The maximum absolute atomic E-state index is 11.4. The fourth-order valence-electron chi connectivity index (χ4n) is 3.25. The van der Waals surface area contributed by atoms with E-state index in [1.807, 2.05) is 6.92 Å². The summed E-state index contributed by atoms with van der Waals surface area (Å²) in [6, 6.07) is 0. The number of rotatable bonds is 18. The number of hydrogen-bond acceptors (Lipinski definition) is 4. The van der Waals surface area contributed by atoms with Gasteiger partial charge < -0.3 is 9.66 Å². The Morgan fingerprint density at radius 3 is 1.54 bits per heavy atom. The molecular weight excluding hydrogens is 375 g/mol. The Hall–Kier alpha value is 1.51. The van der Waals surface area contributed by atoms with Gasteiger partial charge in [-0.15, -0.1) is 0 Å². The second-order valence-electron chi connectivity index (χ2n) is 7.43. The molecule has 152 valence electrons.